The van der Waals surface area contributed by atoms with E-state index in [1.54, 1.807) is 25.3 Å². The summed E-state index contributed by atoms with van der Waals surface area (Å²) in [6.07, 6.45) is 1.37. The number of aliphatic carboxylic acids is 1. The van der Waals surface area contributed by atoms with E-state index in [9.17, 15) is 9.59 Å². The van der Waals surface area contributed by atoms with Crippen molar-refractivity contribution in [3.63, 3.8) is 0 Å². The lowest BCUT2D eigenvalue weighted by molar-refractivity contribution is -0.136. The zero-order chi connectivity index (χ0) is 16.7. The number of carboxylic acids is 1. The Bertz CT molecular complexity index is 654. The molecular formula is C16H18N2O5. The van der Waals surface area contributed by atoms with Crippen LogP contribution in [0.2, 0.25) is 0 Å². The monoisotopic (exact) mass is 318 g/mol. The van der Waals surface area contributed by atoms with Gasteiger partial charge >= 0.3 is 12.0 Å². The first-order valence-electron chi connectivity index (χ1n) is 7.04. The second-order valence-corrected chi connectivity index (χ2v) is 4.73. The maximum atomic E-state index is 12.0. The first-order chi connectivity index (χ1) is 11.1. The summed E-state index contributed by atoms with van der Waals surface area (Å²) in [6.45, 7) is 0.0396. The fourth-order valence-electron chi connectivity index (χ4n) is 2.13. The van der Waals surface area contributed by atoms with Gasteiger partial charge in [0.2, 0.25) is 0 Å². The van der Waals surface area contributed by atoms with E-state index in [1.807, 2.05) is 18.2 Å². The van der Waals surface area contributed by atoms with Gasteiger partial charge in [-0.05, 0) is 18.2 Å². The third-order valence-electron chi connectivity index (χ3n) is 3.18. The molecule has 122 valence electrons. The quantitative estimate of drug-likeness (QED) is 0.726. The van der Waals surface area contributed by atoms with Gasteiger partial charge in [0.05, 0.1) is 19.8 Å². The predicted octanol–water partition coefficient (Wildman–Crippen LogP) is 2.15. The maximum Gasteiger partial charge on any atom is 0.315 e. The molecule has 23 heavy (non-hydrogen) atoms. The van der Waals surface area contributed by atoms with Crippen molar-refractivity contribution < 1.29 is 23.8 Å². The molecule has 0 saturated heterocycles. The summed E-state index contributed by atoms with van der Waals surface area (Å²) in [4.78, 5) is 22.5. The molecule has 0 aliphatic rings. The number of carbonyl (C=O) groups is 2. The van der Waals surface area contributed by atoms with Crippen molar-refractivity contribution in [3.05, 3.63) is 54.0 Å². The van der Waals surface area contributed by atoms with Crippen LogP contribution in [0.4, 0.5) is 4.79 Å². The number of ether oxygens (including phenoxy) is 1. The lowest BCUT2D eigenvalue weighted by Gasteiger charge is -2.19. The number of nitrogens with one attached hydrogen (secondary N) is 2. The second-order valence-electron chi connectivity index (χ2n) is 4.73. The number of para-hydroxylation sites is 1. The number of carboxylic acid groups (broad SMARTS) is 1. The minimum atomic E-state index is -0.974. The Labute approximate surface area is 133 Å². The number of carbonyl (C=O) groups excluding carboxylic acids is 1. The van der Waals surface area contributed by atoms with Gasteiger partial charge in [-0.25, -0.2) is 4.79 Å². The van der Waals surface area contributed by atoms with Crippen LogP contribution in [0, 0.1) is 0 Å². The van der Waals surface area contributed by atoms with Crippen LogP contribution in [-0.2, 0) is 4.79 Å². The summed E-state index contributed by atoms with van der Waals surface area (Å²) in [5.74, 6) is 0.181. The van der Waals surface area contributed by atoms with Crippen molar-refractivity contribution in [1.29, 1.82) is 0 Å². The fraction of sp³-hybridized carbons (Fsp3) is 0.250. The Kier molecular flexibility index (Phi) is 5.62. The Morgan fingerprint density at radius 2 is 2.04 bits per heavy atom. The van der Waals surface area contributed by atoms with E-state index in [-0.39, 0.29) is 13.0 Å². The normalized spacial score (nSPS) is 11.5. The third-order valence-corrected chi connectivity index (χ3v) is 3.18. The van der Waals surface area contributed by atoms with Crippen molar-refractivity contribution in [3.8, 4) is 5.75 Å². The number of amides is 2. The minimum Gasteiger partial charge on any atom is -0.496 e. The highest BCUT2D eigenvalue weighted by Crippen LogP contribution is 2.30. The minimum absolute atomic E-state index is 0.0396. The highest BCUT2D eigenvalue weighted by molar-refractivity contribution is 5.76. The molecule has 1 unspecified atom stereocenters. The number of rotatable bonds is 7. The van der Waals surface area contributed by atoms with Gasteiger partial charge in [0.15, 0.2) is 0 Å². The lowest BCUT2D eigenvalue weighted by atomic mass is 10.0. The van der Waals surface area contributed by atoms with Crippen molar-refractivity contribution >= 4 is 12.0 Å². The Morgan fingerprint density at radius 1 is 1.26 bits per heavy atom. The summed E-state index contributed by atoms with van der Waals surface area (Å²) in [5, 5.41) is 13.9. The van der Waals surface area contributed by atoms with Crippen LogP contribution < -0.4 is 15.4 Å². The van der Waals surface area contributed by atoms with Crippen LogP contribution in [0.15, 0.2) is 47.1 Å². The highest BCUT2D eigenvalue weighted by Gasteiger charge is 2.22. The highest BCUT2D eigenvalue weighted by atomic mass is 16.5. The molecular weight excluding hydrogens is 300 g/mol. The summed E-state index contributed by atoms with van der Waals surface area (Å²) in [6, 6.07) is 9.70. The largest absolute Gasteiger partial charge is 0.496 e. The summed E-state index contributed by atoms with van der Waals surface area (Å²) in [7, 11) is 1.55. The van der Waals surface area contributed by atoms with E-state index in [0.717, 1.165) is 5.56 Å². The molecule has 7 nitrogen and oxygen atoms in total. The van der Waals surface area contributed by atoms with Crippen LogP contribution in [0.25, 0.3) is 0 Å². The number of hydrogen-bond acceptors (Lipinski definition) is 4. The van der Waals surface area contributed by atoms with E-state index >= 15 is 0 Å². The van der Waals surface area contributed by atoms with Crippen LogP contribution in [-0.4, -0.2) is 30.8 Å². The van der Waals surface area contributed by atoms with Crippen LogP contribution in [0.1, 0.15) is 23.8 Å². The van der Waals surface area contributed by atoms with Gasteiger partial charge in [0, 0.05) is 12.1 Å². The lowest BCUT2D eigenvalue weighted by Crippen LogP contribution is -2.39. The summed E-state index contributed by atoms with van der Waals surface area (Å²) >= 11 is 0. The average molecular weight is 318 g/mol. The summed E-state index contributed by atoms with van der Waals surface area (Å²) < 4.78 is 10.7. The van der Waals surface area contributed by atoms with Gasteiger partial charge in [0.1, 0.15) is 17.6 Å². The van der Waals surface area contributed by atoms with E-state index in [0.29, 0.717) is 11.5 Å². The van der Waals surface area contributed by atoms with Crippen molar-refractivity contribution in [1.82, 2.24) is 10.6 Å². The number of hydrogen-bond donors (Lipinski definition) is 3. The molecule has 3 N–H and O–H groups in total. The van der Waals surface area contributed by atoms with Gasteiger partial charge in [-0.3, -0.25) is 4.79 Å². The molecule has 0 bridgehead atoms. The van der Waals surface area contributed by atoms with E-state index in [2.05, 4.69) is 10.6 Å². The molecule has 2 rings (SSSR count). The molecule has 1 atom stereocenters. The van der Waals surface area contributed by atoms with Gasteiger partial charge in [-0.1, -0.05) is 18.2 Å². The van der Waals surface area contributed by atoms with E-state index < -0.39 is 18.0 Å². The third kappa shape index (κ3) is 4.50. The number of furan rings is 1. The molecule has 0 spiro atoms. The molecule has 2 amide bonds. The topological polar surface area (TPSA) is 101 Å². The first kappa shape index (κ1) is 16.4. The fourth-order valence-corrected chi connectivity index (χ4v) is 2.13. The molecule has 1 aromatic heterocycles. The Morgan fingerprint density at radius 3 is 2.70 bits per heavy atom. The van der Waals surface area contributed by atoms with Gasteiger partial charge in [-0.2, -0.15) is 0 Å². The standard InChI is InChI=1S/C16H18N2O5/c1-22-12-6-3-2-5-11(12)15(13-7-4-10-23-13)18-16(21)17-9-8-14(19)20/h2-7,10,15H,8-9H2,1H3,(H,19,20)(H2,17,18,21). The van der Waals surface area contributed by atoms with Crippen LogP contribution in [0.3, 0.4) is 0 Å². The van der Waals surface area contributed by atoms with Crippen molar-refractivity contribution in [2.75, 3.05) is 13.7 Å². The van der Waals surface area contributed by atoms with Crippen LogP contribution in [0.5, 0.6) is 5.75 Å². The predicted molar refractivity (Wildman–Crippen MR) is 82.3 cm³/mol. The van der Waals surface area contributed by atoms with Gasteiger partial charge in [-0.15, -0.1) is 0 Å². The molecule has 7 heteroatoms. The van der Waals surface area contributed by atoms with Crippen LogP contribution >= 0.6 is 0 Å². The number of methoxy groups -OCH3 is 1. The maximum absolute atomic E-state index is 12.0. The van der Waals surface area contributed by atoms with Gasteiger partial charge < -0.3 is 24.9 Å². The number of benzene rings is 1. The zero-order valence-electron chi connectivity index (χ0n) is 12.6. The molecule has 0 saturated carbocycles. The SMILES string of the molecule is COc1ccccc1C(NC(=O)NCCC(=O)O)c1ccco1. The molecule has 1 heterocycles. The first-order valence-corrected chi connectivity index (χ1v) is 7.04. The van der Waals surface area contributed by atoms with E-state index in [4.69, 9.17) is 14.3 Å². The molecule has 0 aliphatic heterocycles. The molecule has 1 aromatic carbocycles. The zero-order valence-corrected chi connectivity index (χ0v) is 12.6. The molecule has 2 aromatic rings. The molecule has 0 radical (unpaired) electrons. The van der Waals surface area contributed by atoms with Gasteiger partial charge in [0.25, 0.3) is 0 Å². The van der Waals surface area contributed by atoms with E-state index in [1.165, 1.54) is 6.26 Å². The Balaban J connectivity index is 2.16. The molecule has 0 fully saturated rings. The van der Waals surface area contributed by atoms with Crippen molar-refractivity contribution in [2.45, 2.75) is 12.5 Å². The molecule has 0 aliphatic carbocycles. The van der Waals surface area contributed by atoms with Crippen molar-refractivity contribution in [2.24, 2.45) is 0 Å². The average Bonchev–Trinajstić information content (AvgIpc) is 3.06. The Hall–Kier alpha value is -2.96. The smallest absolute Gasteiger partial charge is 0.315 e. The summed E-state index contributed by atoms with van der Waals surface area (Å²) in [5.41, 5.74) is 0.735. The number of urea groups is 1. The second kappa shape index (κ2) is 7.88.